The van der Waals surface area contributed by atoms with Crippen LogP contribution in [0.4, 0.5) is 0 Å². The molecule has 1 rings (SSSR count). The highest BCUT2D eigenvalue weighted by Crippen LogP contribution is 2.31. The van der Waals surface area contributed by atoms with Gasteiger partial charge in [0.1, 0.15) is 5.82 Å². The quantitative estimate of drug-likeness (QED) is 0.735. The second kappa shape index (κ2) is 5.24. The average Bonchev–Trinajstić information content (AvgIpc) is 2.27. The van der Waals surface area contributed by atoms with Gasteiger partial charge in [0.15, 0.2) is 0 Å². The molecule has 1 atom stereocenters. The molecule has 0 aliphatic rings. The van der Waals surface area contributed by atoms with Crippen LogP contribution in [0, 0.1) is 6.92 Å². The molecule has 2 heteroatoms. The molecule has 0 amide bonds. The van der Waals surface area contributed by atoms with Crippen molar-refractivity contribution < 1.29 is 0 Å². The van der Waals surface area contributed by atoms with Crippen molar-refractivity contribution >= 4 is 0 Å². The SMILES string of the molecule is CCCCC(C)(CC)c1cnc(C)nc1. The highest BCUT2D eigenvalue weighted by atomic mass is 14.8. The fraction of sp³-hybridized carbons (Fsp3) is 0.692. The number of aryl methyl sites for hydroxylation is 1. The molecule has 0 saturated carbocycles. The molecule has 1 aromatic rings. The zero-order chi connectivity index (χ0) is 11.3. The number of rotatable bonds is 5. The lowest BCUT2D eigenvalue weighted by molar-refractivity contribution is 0.400. The molecule has 1 unspecified atom stereocenters. The van der Waals surface area contributed by atoms with E-state index in [1.807, 2.05) is 19.3 Å². The summed E-state index contributed by atoms with van der Waals surface area (Å²) >= 11 is 0. The summed E-state index contributed by atoms with van der Waals surface area (Å²) in [5.41, 5.74) is 1.54. The fourth-order valence-electron chi connectivity index (χ4n) is 1.80. The maximum atomic E-state index is 4.29. The first-order valence-electron chi connectivity index (χ1n) is 5.91. The summed E-state index contributed by atoms with van der Waals surface area (Å²) in [5, 5.41) is 0. The van der Waals surface area contributed by atoms with Gasteiger partial charge in [-0.3, -0.25) is 0 Å². The Morgan fingerprint density at radius 3 is 2.27 bits per heavy atom. The second-order valence-corrected chi connectivity index (χ2v) is 4.54. The van der Waals surface area contributed by atoms with Crippen molar-refractivity contribution in [2.45, 2.75) is 58.8 Å². The summed E-state index contributed by atoms with van der Waals surface area (Å²) in [6.07, 6.45) is 8.88. The maximum absolute atomic E-state index is 4.29. The van der Waals surface area contributed by atoms with Gasteiger partial charge >= 0.3 is 0 Å². The van der Waals surface area contributed by atoms with Gasteiger partial charge in [-0.15, -0.1) is 0 Å². The Kier molecular flexibility index (Phi) is 4.25. The van der Waals surface area contributed by atoms with Crippen molar-refractivity contribution in [3.8, 4) is 0 Å². The number of aromatic nitrogens is 2. The number of hydrogen-bond donors (Lipinski definition) is 0. The van der Waals surface area contributed by atoms with E-state index < -0.39 is 0 Å². The summed E-state index contributed by atoms with van der Waals surface area (Å²) < 4.78 is 0. The van der Waals surface area contributed by atoms with Gasteiger partial charge in [0.05, 0.1) is 0 Å². The molecule has 0 saturated heterocycles. The molecule has 0 N–H and O–H groups in total. The first-order chi connectivity index (χ1) is 7.12. The van der Waals surface area contributed by atoms with Gasteiger partial charge < -0.3 is 0 Å². The van der Waals surface area contributed by atoms with Crippen molar-refractivity contribution in [3.05, 3.63) is 23.8 Å². The van der Waals surface area contributed by atoms with Gasteiger partial charge in [-0.1, -0.05) is 33.6 Å². The van der Waals surface area contributed by atoms with Gasteiger partial charge in [0.2, 0.25) is 0 Å². The molecule has 2 nitrogen and oxygen atoms in total. The van der Waals surface area contributed by atoms with E-state index in [4.69, 9.17) is 0 Å². The van der Waals surface area contributed by atoms with Crippen LogP contribution in [0.25, 0.3) is 0 Å². The van der Waals surface area contributed by atoms with E-state index in [-0.39, 0.29) is 5.41 Å². The second-order valence-electron chi connectivity index (χ2n) is 4.54. The third-order valence-corrected chi connectivity index (χ3v) is 3.34. The first kappa shape index (κ1) is 12.2. The molecule has 84 valence electrons. The van der Waals surface area contributed by atoms with Crippen LogP contribution in [-0.4, -0.2) is 9.97 Å². The molecular weight excluding hydrogens is 184 g/mol. The first-order valence-corrected chi connectivity index (χ1v) is 5.91. The van der Waals surface area contributed by atoms with Crippen LogP contribution in [0.5, 0.6) is 0 Å². The van der Waals surface area contributed by atoms with Gasteiger partial charge in [-0.2, -0.15) is 0 Å². The van der Waals surface area contributed by atoms with E-state index in [1.54, 1.807) is 0 Å². The minimum Gasteiger partial charge on any atom is -0.241 e. The molecule has 0 bridgehead atoms. The van der Waals surface area contributed by atoms with E-state index in [9.17, 15) is 0 Å². The molecule has 0 radical (unpaired) electrons. The van der Waals surface area contributed by atoms with Gasteiger partial charge in [0.25, 0.3) is 0 Å². The molecule has 0 aromatic carbocycles. The number of hydrogen-bond acceptors (Lipinski definition) is 2. The molecule has 0 aliphatic carbocycles. The summed E-state index contributed by atoms with van der Waals surface area (Å²) in [6.45, 7) is 8.73. The van der Waals surface area contributed by atoms with Crippen LogP contribution in [0.15, 0.2) is 12.4 Å². The lowest BCUT2D eigenvalue weighted by atomic mass is 9.77. The van der Waals surface area contributed by atoms with Crippen molar-refractivity contribution in [1.29, 1.82) is 0 Å². The Balaban J connectivity index is 2.85. The highest BCUT2D eigenvalue weighted by molar-refractivity contribution is 5.17. The number of nitrogens with zero attached hydrogens (tertiary/aromatic N) is 2. The van der Waals surface area contributed by atoms with Crippen molar-refractivity contribution in [3.63, 3.8) is 0 Å². The Bertz CT molecular complexity index is 292. The zero-order valence-electron chi connectivity index (χ0n) is 10.4. The van der Waals surface area contributed by atoms with Gasteiger partial charge in [0, 0.05) is 12.4 Å². The van der Waals surface area contributed by atoms with E-state index >= 15 is 0 Å². The predicted octanol–water partition coefficient (Wildman–Crippen LogP) is 3.64. The minimum absolute atomic E-state index is 0.254. The lowest BCUT2D eigenvalue weighted by Crippen LogP contribution is -2.21. The summed E-state index contributed by atoms with van der Waals surface area (Å²) in [4.78, 5) is 8.58. The van der Waals surface area contributed by atoms with Crippen molar-refractivity contribution in [1.82, 2.24) is 9.97 Å². The minimum atomic E-state index is 0.254. The normalized spacial score (nSPS) is 14.9. The van der Waals surface area contributed by atoms with E-state index in [0.29, 0.717) is 0 Å². The number of unbranched alkanes of at least 4 members (excludes halogenated alkanes) is 1. The predicted molar refractivity (Wildman–Crippen MR) is 63.9 cm³/mol. The summed E-state index contributed by atoms with van der Waals surface area (Å²) in [5.74, 6) is 0.854. The Labute approximate surface area is 93.2 Å². The smallest absolute Gasteiger partial charge is 0.125 e. The van der Waals surface area contributed by atoms with Crippen molar-refractivity contribution in [2.75, 3.05) is 0 Å². The maximum Gasteiger partial charge on any atom is 0.125 e. The third-order valence-electron chi connectivity index (χ3n) is 3.34. The third kappa shape index (κ3) is 3.01. The summed E-state index contributed by atoms with van der Waals surface area (Å²) in [7, 11) is 0. The van der Waals surface area contributed by atoms with Crippen molar-refractivity contribution in [2.24, 2.45) is 0 Å². The zero-order valence-corrected chi connectivity index (χ0v) is 10.4. The fourth-order valence-corrected chi connectivity index (χ4v) is 1.80. The molecule has 15 heavy (non-hydrogen) atoms. The van der Waals surface area contributed by atoms with Crippen LogP contribution < -0.4 is 0 Å². The Morgan fingerprint density at radius 1 is 1.20 bits per heavy atom. The van der Waals surface area contributed by atoms with E-state index in [0.717, 1.165) is 12.2 Å². The van der Waals surface area contributed by atoms with Gasteiger partial charge in [-0.25, -0.2) is 9.97 Å². The standard InChI is InChI=1S/C13H22N2/c1-5-7-8-13(4,6-2)12-9-14-11(3)15-10-12/h9-10H,5-8H2,1-4H3. The van der Waals surface area contributed by atoms with Gasteiger partial charge in [-0.05, 0) is 30.7 Å². The van der Waals surface area contributed by atoms with E-state index in [2.05, 4.69) is 30.7 Å². The average molecular weight is 206 g/mol. The van der Waals surface area contributed by atoms with Crippen LogP contribution in [0.3, 0.4) is 0 Å². The molecule has 1 heterocycles. The van der Waals surface area contributed by atoms with Crippen LogP contribution in [0.2, 0.25) is 0 Å². The molecule has 0 spiro atoms. The topological polar surface area (TPSA) is 25.8 Å². The Morgan fingerprint density at radius 2 is 1.80 bits per heavy atom. The summed E-state index contributed by atoms with van der Waals surface area (Å²) in [6, 6.07) is 0. The molecule has 0 aliphatic heterocycles. The largest absolute Gasteiger partial charge is 0.241 e. The monoisotopic (exact) mass is 206 g/mol. The van der Waals surface area contributed by atoms with Crippen LogP contribution in [-0.2, 0) is 5.41 Å². The molecule has 1 aromatic heterocycles. The van der Waals surface area contributed by atoms with E-state index in [1.165, 1.54) is 24.8 Å². The highest BCUT2D eigenvalue weighted by Gasteiger charge is 2.24. The Hall–Kier alpha value is -0.920. The van der Waals surface area contributed by atoms with Crippen LogP contribution >= 0.6 is 0 Å². The lowest BCUT2D eigenvalue weighted by Gasteiger charge is -2.28. The molecular formula is C13H22N2. The van der Waals surface area contributed by atoms with Crippen LogP contribution in [0.1, 0.15) is 57.8 Å². The molecule has 0 fully saturated rings.